The fourth-order valence-electron chi connectivity index (χ4n) is 4.28. The van der Waals surface area contributed by atoms with E-state index in [1.54, 1.807) is 48.5 Å². The molecule has 0 unspecified atom stereocenters. The van der Waals surface area contributed by atoms with Gasteiger partial charge in [-0.3, -0.25) is 14.4 Å². The number of aromatic hydroxyl groups is 1. The van der Waals surface area contributed by atoms with Crippen LogP contribution < -0.4 is 9.77 Å². The van der Waals surface area contributed by atoms with Gasteiger partial charge in [0.1, 0.15) is 5.75 Å². The van der Waals surface area contributed by atoms with Crippen LogP contribution in [0.3, 0.4) is 0 Å². The fourth-order valence-corrected chi connectivity index (χ4v) is 6.96. The molecule has 30 heavy (non-hydrogen) atoms. The summed E-state index contributed by atoms with van der Waals surface area (Å²) in [6.45, 7) is 0. The number of H-pyrrole nitrogens is 1. The van der Waals surface area contributed by atoms with Crippen molar-refractivity contribution >= 4 is 52.2 Å². The second-order valence-corrected chi connectivity index (χ2v) is 9.77. The lowest BCUT2D eigenvalue weighted by Gasteiger charge is -2.38. The molecular weight excluding hydrogens is 444 g/mol. The first-order chi connectivity index (χ1) is 14.4. The number of phenolic OH excluding ortho intramolecular Hbond substituents is 1. The van der Waals surface area contributed by atoms with E-state index in [2.05, 4.69) is 4.98 Å². The average Bonchev–Trinajstić information content (AvgIpc) is 3.21. The Morgan fingerprint density at radius 2 is 1.83 bits per heavy atom. The first-order valence-corrected chi connectivity index (χ1v) is 11.4. The Morgan fingerprint density at radius 3 is 2.57 bits per heavy atom. The molecule has 2 N–H and O–H groups in total. The maximum atomic E-state index is 13.8. The van der Waals surface area contributed by atoms with E-state index in [4.69, 9.17) is 11.6 Å². The Hall–Kier alpha value is -2.55. The number of carbonyl (C=O) groups is 2. The topological polar surface area (TPSA) is 90.5 Å². The summed E-state index contributed by atoms with van der Waals surface area (Å²) in [7, 11) is 0. The molecule has 0 aliphatic carbocycles. The van der Waals surface area contributed by atoms with E-state index >= 15 is 0 Å². The lowest BCUT2D eigenvalue weighted by atomic mass is 9.70. The minimum absolute atomic E-state index is 0.00795. The number of imide groups is 1. The number of hydrogen-bond donors (Lipinski definition) is 2. The van der Waals surface area contributed by atoms with Crippen molar-refractivity contribution in [2.24, 2.45) is 5.41 Å². The molecule has 9 heteroatoms. The minimum atomic E-state index is -1.10. The number of thioether (sulfide) groups is 1. The van der Waals surface area contributed by atoms with Gasteiger partial charge in [-0.25, -0.2) is 4.90 Å². The number of phenols is 1. The number of aromatic amines is 1. The summed E-state index contributed by atoms with van der Waals surface area (Å²) in [4.78, 5) is 43.4. The maximum absolute atomic E-state index is 13.8. The molecule has 1 fully saturated rings. The van der Waals surface area contributed by atoms with E-state index < -0.39 is 11.3 Å². The number of thiazole rings is 1. The molecule has 3 heterocycles. The Kier molecular flexibility index (Phi) is 4.53. The Labute approximate surface area is 184 Å². The van der Waals surface area contributed by atoms with E-state index in [1.807, 2.05) is 0 Å². The molecule has 0 saturated carbocycles. The van der Waals surface area contributed by atoms with Crippen molar-refractivity contribution in [2.45, 2.75) is 17.4 Å². The number of benzene rings is 2. The number of para-hydroxylation sites is 1. The average molecular weight is 459 g/mol. The number of aromatic nitrogens is 1. The van der Waals surface area contributed by atoms with Crippen molar-refractivity contribution in [1.82, 2.24) is 4.98 Å². The number of nitrogens with zero attached hydrogens (tertiary/aromatic N) is 1. The van der Waals surface area contributed by atoms with Crippen molar-refractivity contribution in [2.75, 3.05) is 10.7 Å². The van der Waals surface area contributed by atoms with Gasteiger partial charge in [-0.05, 0) is 30.3 Å². The molecule has 2 amide bonds. The van der Waals surface area contributed by atoms with Gasteiger partial charge in [0.05, 0.1) is 16.1 Å². The van der Waals surface area contributed by atoms with Crippen molar-refractivity contribution < 1.29 is 14.7 Å². The van der Waals surface area contributed by atoms with Crippen LogP contribution in [0.15, 0.2) is 58.4 Å². The molecule has 1 aromatic heterocycles. The molecule has 1 spiro atoms. The normalized spacial score (nSPS) is 23.2. The molecule has 2 aliphatic heterocycles. The first-order valence-electron chi connectivity index (χ1n) is 9.17. The zero-order valence-electron chi connectivity index (χ0n) is 15.4. The highest BCUT2D eigenvalue weighted by Gasteiger charge is 2.60. The third-order valence-corrected chi connectivity index (χ3v) is 8.21. The molecule has 2 atom stereocenters. The Balaban J connectivity index is 1.69. The summed E-state index contributed by atoms with van der Waals surface area (Å²) in [6, 6.07) is 13.3. The maximum Gasteiger partial charge on any atom is 0.305 e. The second kappa shape index (κ2) is 7.01. The van der Waals surface area contributed by atoms with Crippen molar-refractivity contribution in [3.63, 3.8) is 0 Å². The summed E-state index contributed by atoms with van der Waals surface area (Å²) in [5.41, 5.74) is -0.105. The van der Waals surface area contributed by atoms with Crippen molar-refractivity contribution in [3.8, 4) is 5.75 Å². The van der Waals surface area contributed by atoms with Crippen molar-refractivity contribution in [1.29, 1.82) is 0 Å². The zero-order chi connectivity index (χ0) is 21.0. The molecule has 2 aliphatic rings. The van der Waals surface area contributed by atoms with Crippen LogP contribution in [0.4, 0.5) is 5.69 Å². The lowest BCUT2D eigenvalue weighted by molar-refractivity contribution is -0.125. The van der Waals surface area contributed by atoms with Gasteiger partial charge < -0.3 is 10.1 Å². The SMILES string of the molecule is O=C1C[C@]2(CSc3[nH]c(=O)sc3[C@@H]2c2ccccc2O)C(=O)N1c1ccc(Cl)cc1. The molecule has 3 aromatic rings. The number of carbonyl (C=O) groups excluding carboxylic acids is 2. The van der Waals surface area contributed by atoms with Gasteiger partial charge in [-0.15, -0.1) is 11.8 Å². The highest BCUT2D eigenvalue weighted by molar-refractivity contribution is 7.99. The summed E-state index contributed by atoms with van der Waals surface area (Å²) in [5.74, 6) is -0.893. The molecule has 2 aromatic carbocycles. The lowest BCUT2D eigenvalue weighted by Crippen LogP contribution is -2.43. The molecule has 0 radical (unpaired) electrons. The number of nitrogens with one attached hydrogen (secondary N) is 1. The molecule has 0 bridgehead atoms. The summed E-state index contributed by atoms with van der Waals surface area (Å²) >= 11 is 8.35. The van der Waals surface area contributed by atoms with Crippen molar-refractivity contribution in [3.05, 3.63) is 73.7 Å². The molecule has 152 valence electrons. The summed E-state index contributed by atoms with van der Waals surface area (Å²) in [6.07, 6.45) is -0.00795. The van der Waals surface area contributed by atoms with Crippen LogP contribution >= 0.6 is 34.7 Å². The molecular formula is C21H15ClN2O4S2. The fraction of sp³-hybridized carbons (Fsp3) is 0.190. The van der Waals surface area contributed by atoms with Gasteiger partial charge in [-0.2, -0.15) is 0 Å². The highest BCUT2D eigenvalue weighted by atomic mass is 35.5. The van der Waals surface area contributed by atoms with E-state index in [9.17, 15) is 19.5 Å². The van der Waals surface area contributed by atoms with E-state index in [0.29, 0.717) is 31.9 Å². The summed E-state index contributed by atoms with van der Waals surface area (Å²) < 4.78 is 0. The Morgan fingerprint density at radius 1 is 1.10 bits per heavy atom. The Bertz CT molecular complexity index is 1240. The van der Waals surface area contributed by atoms with E-state index in [1.165, 1.54) is 16.7 Å². The van der Waals surface area contributed by atoms with Gasteiger partial charge in [0.2, 0.25) is 11.8 Å². The van der Waals surface area contributed by atoms with E-state index in [-0.39, 0.29) is 28.9 Å². The zero-order valence-corrected chi connectivity index (χ0v) is 17.8. The largest absolute Gasteiger partial charge is 0.508 e. The number of fused-ring (bicyclic) bond motifs is 1. The van der Waals surface area contributed by atoms with Crippen LogP contribution in [-0.4, -0.2) is 27.7 Å². The van der Waals surface area contributed by atoms with E-state index in [0.717, 1.165) is 11.3 Å². The molecule has 5 rings (SSSR count). The number of anilines is 1. The van der Waals surface area contributed by atoms with Crippen LogP contribution in [0.5, 0.6) is 5.75 Å². The smallest absolute Gasteiger partial charge is 0.305 e. The number of hydrogen-bond acceptors (Lipinski definition) is 6. The quantitative estimate of drug-likeness (QED) is 0.567. The van der Waals surface area contributed by atoms with Crippen LogP contribution in [0, 0.1) is 5.41 Å². The highest BCUT2D eigenvalue weighted by Crippen LogP contribution is 2.58. The number of amides is 2. The van der Waals surface area contributed by atoms with Gasteiger partial charge >= 0.3 is 4.87 Å². The second-order valence-electron chi connectivity index (χ2n) is 7.33. The van der Waals surface area contributed by atoms with Crippen LogP contribution in [0.1, 0.15) is 22.8 Å². The van der Waals surface area contributed by atoms with Crippen LogP contribution in [-0.2, 0) is 9.59 Å². The monoisotopic (exact) mass is 458 g/mol. The van der Waals surface area contributed by atoms with Gasteiger partial charge in [0, 0.05) is 33.6 Å². The number of rotatable bonds is 2. The number of halogens is 1. The van der Waals surface area contributed by atoms with Crippen LogP contribution in [0.2, 0.25) is 5.02 Å². The third kappa shape index (κ3) is 2.82. The van der Waals surface area contributed by atoms with Gasteiger partial charge in [-0.1, -0.05) is 41.1 Å². The summed E-state index contributed by atoms with van der Waals surface area (Å²) in [5, 5.41) is 11.8. The predicted octanol–water partition coefficient (Wildman–Crippen LogP) is 3.98. The standard InChI is InChI=1S/C21H15ClN2O4S2/c22-11-5-7-12(8-6-11)24-15(26)9-21(19(24)27)10-29-18-17(30-20(28)23-18)16(21)13-3-1-2-4-14(13)25/h1-8,16,25H,9-10H2,(H,23,28)/t16-,21+/m0/s1. The minimum Gasteiger partial charge on any atom is -0.508 e. The third-order valence-electron chi connectivity index (χ3n) is 5.61. The van der Waals surface area contributed by atoms with Crippen LogP contribution in [0.25, 0.3) is 0 Å². The molecule has 1 saturated heterocycles. The van der Waals surface area contributed by atoms with Gasteiger partial charge in [0.15, 0.2) is 0 Å². The first kappa shape index (κ1) is 19.4. The van der Waals surface area contributed by atoms with Gasteiger partial charge in [0.25, 0.3) is 0 Å². The molecule has 6 nitrogen and oxygen atoms in total. The predicted molar refractivity (Wildman–Crippen MR) is 117 cm³/mol.